The highest BCUT2D eigenvalue weighted by molar-refractivity contribution is 5.69. The largest absolute Gasteiger partial charge is 0.453 e. The van der Waals surface area contributed by atoms with Crippen molar-refractivity contribution in [1.29, 1.82) is 0 Å². The minimum atomic E-state index is -4.37. The molecule has 0 bridgehead atoms. The molecule has 0 radical (unpaired) electrons. The van der Waals surface area contributed by atoms with E-state index in [0.29, 0.717) is 5.56 Å². The molecular weight excluding hydrogens is 283 g/mol. The fourth-order valence-electron chi connectivity index (χ4n) is 2.21. The minimum Gasteiger partial charge on any atom is -0.453 e. The number of nitrogens with zero attached hydrogens (tertiary/aromatic N) is 1. The zero-order chi connectivity index (χ0) is 16.4. The topological polar surface area (TPSA) is 29.5 Å². The van der Waals surface area contributed by atoms with Crippen molar-refractivity contribution in [2.75, 3.05) is 7.11 Å². The van der Waals surface area contributed by atoms with Crippen LogP contribution >= 0.6 is 0 Å². The molecule has 0 saturated heterocycles. The van der Waals surface area contributed by atoms with Crippen LogP contribution in [0.25, 0.3) is 0 Å². The number of ether oxygens (including phenoxy) is 1. The molecular formula is C15H20F3NO2. The Labute approximate surface area is 122 Å². The van der Waals surface area contributed by atoms with Gasteiger partial charge in [0.2, 0.25) is 0 Å². The number of carbonyl (C=O) groups excluding carboxylic acids is 1. The normalized spacial score (nSPS) is 13.7. The number of halogens is 3. The van der Waals surface area contributed by atoms with Gasteiger partial charge < -0.3 is 4.74 Å². The van der Waals surface area contributed by atoms with Crippen molar-refractivity contribution < 1.29 is 22.7 Å². The molecule has 0 aliphatic carbocycles. The van der Waals surface area contributed by atoms with E-state index in [-0.39, 0.29) is 0 Å². The van der Waals surface area contributed by atoms with Crippen LogP contribution in [0.1, 0.15) is 44.9 Å². The third-order valence-corrected chi connectivity index (χ3v) is 3.20. The zero-order valence-corrected chi connectivity index (χ0v) is 12.8. The molecule has 0 aromatic heterocycles. The SMILES string of the molecule is COC(=O)N([C@H](C)c1ccc(C(F)(F)F)cc1)C(C)(C)C. The van der Waals surface area contributed by atoms with Crippen LogP contribution in [-0.2, 0) is 10.9 Å². The van der Waals surface area contributed by atoms with E-state index in [9.17, 15) is 18.0 Å². The van der Waals surface area contributed by atoms with Gasteiger partial charge in [-0.1, -0.05) is 12.1 Å². The lowest BCUT2D eigenvalue weighted by atomic mass is 9.99. The van der Waals surface area contributed by atoms with Crippen molar-refractivity contribution in [3.63, 3.8) is 0 Å². The summed E-state index contributed by atoms with van der Waals surface area (Å²) in [6, 6.07) is 4.40. The van der Waals surface area contributed by atoms with Gasteiger partial charge in [0, 0.05) is 5.54 Å². The van der Waals surface area contributed by atoms with Crippen molar-refractivity contribution >= 4 is 6.09 Å². The Morgan fingerprint density at radius 3 is 1.95 bits per heavy atom. The molecule has 6 heteroatoms. The highest BCUT2D eigenvalue weighted by atomic mass is 19.4. The molecule has 1 aromatic rings. The molecule has 0 heterocycles. The van der Waals surface area contributed by atoms with Crippen LogP contribution in [0.2, 0.25) is 0 Å². The van der Waals surface area contributed by atoms with Gasteiger partial charge in [0.1, 0.15) is 0 Å². The highest BCUT2D eigenvalue weighted by Crippen LogP contribution is 2.32. The lowest BCUT2D eigenvalue weighted by Crippen LogP contribution is -2.47. The Kier molecular flexibility index (Phi) is 4.91. The van der Waals surface area contributed by atoms with Gasteiger partial charge in [-0.3, -0.25) is 4.90 Å². The summed E-state index contributed by atoms with van der Waals surface area (Å²) in [7, 11) is 1.28. The Balaban J connectivity index is 3.10. The molecule has 0 aliphatic heterocycles. The van der Waals surface area contributed by atoms with Crippen LogP contribution < -0.4 is 0 Å². The number of benzene rings is 1. The average Bonchev–Trinajstić information content (AvgIpc) is 2.36. The molecule has 0 fully saturated rings. The van der Waals surface area contributed by atoms with Crippen molar-refractivity contribution in [2.45, 2.75) is 45.5 Å². The molecule has 3 nitrogen and oxygen atoms in total. The van der Waals surface area contributed by atoms with Crippen molar-refractivity contribution in [3.8, 4) is 0 Å². The second-order valence-electron chi connectivity index (χ2n) is 5.81. The number of alkyl halides is 3. The lowest BCUT2D eigenvalue weighted by molar-refractivity contribution is -0.137. The third kappa shape index (κ3) is 4.12. The fraction of sp³-hybridized carbons (Fsp3) is 0.533. The smallest absolute Gasteiger partial charge is 0.416 e. The number of hydrogen-bond donors (Lipinski definition) is 0. The van der Waals surface area contributed by atoms with Gasteiger partial charge in [0.05, 0.1) is 18.7 Å². The van der Waals surface area contributed by atoms with Crippen LogP contribution in [0.4, 0.5) is 18.0 Å². The second kappa shape index (κ2) is 5.95. The lowest BCUT2D eigenvalue weighted by Gasteiger charge is -2.39. The first-order valence-corrected chi connectivity index (χ1v) is 6.53. The van der Waals surface area contributed by atoms with E-state index in [2.05, 4.69) is 0 Å². The number of hydrogen-bond acceptors (Lipinski definition) is 2. The van der Waals surface area contributed by atoms with Crippen molar-refractivity contribution in [2.24, 2.45) is 0 Å². The molecule has 118 valence electrons. The Bertz CT molecular complexity index is 489. The van der Waals surface area contributed by atoms with Crippen LogP contribution in [0.15, 0.2) is 24.3 Å². The molecule has 1 amide bonds. The average molecular weight is 303 g/mol. The third-order valence-electron chi connectivity index (χ3n) is 3.20. The summed E-state index contributed by atoms with van der Waals surface area (Å²) in [5.41, 5.74) is -0.614. The molecule has 0 N–H and O–H groups in total. The van der Waals surface area contributed by atoms with Crippen LogP contribution in [0, 0.1) is 0 Å². The van der Waals surface area contributed by atoms with E-state index < -0.39 is 29.4 Å². The van der Waals surface area contributed by atoms with Gasteiger partial charge in [-0.15, -0.1) is 0 Å². The maximum absolute atomic E-state index is 12.6. The Morgan fingerprint density at radius 2 is 1.62 bits per heavy atom. The molecule has 21 heavy (non-hydrogen) atoms. The summed E-state index contributed by atoms with van der Waals surface area (Å²) in [6.45, 7) is 7.27. The van der Waals surface area contributed by atoms with Gasteiger partial charge in [-0.25, -0.2) is 4.79 Å². The van der Waals surface area contributed by atoms with Crippen LogP contribution in [0.3, 0.4) is 0 Å². The maximum Gasteiger partial charge on any atom is 0.416 e. The van der Waals surface area contributed by atoms with E-state index in [1.54, 1.807) is 6.92 Å². The predicted octanol–water partition coefficient (Wildman–Crippen LogP) is 4.63. The number of carbonyl (C=O) groups is 1. The summed E-state index contributed by atoms with van der Waals surface area (Å²) in [5, 5.41) is 0. The molecule has 0 aliphatic rings. The molecule has 0 unspecified atom stereocenters. The van der Waals surface area contributed by atoms with Gasteiger partial charge in [-0.05, 0) is 45.4 Å². The van der Waals surface area contributed by atoms with E-state index in [1.165, 1.54) is 24.1 Å². The van der Waals surface area contributed by atoms with E-state index in [0.717, 1.165) is 12.1 Å². The van der Waals surface area contributed by atoms with Crippen LogP contribution in [0.5, 0.6) is 0 Å². The minimum absolute atomic E-state index is 0.403. The van der Waals surface area contributed by atoms with E-state index in [4.69, 9.17) is 4.74 Å². The Morgan fingerprint density at radius 1 is 1.14 bits per heavy atom. The summed E-state index contributed by atoms with van der Waals surface area (Å²) < 4.78 is 42.5. The number of rotatable bonds is 2. The molecule has 0 spiro atoms. The quantitative estimate of drug-likeness (QED) is 0.797. The first-order valence-electron chi connectivity index (χ1n) is 6.53. The zero-order valence-electron chi connectivity index (χ0n) is 12.8. The van der Waals surface area contributed by atoms with Gasteiger partial charge in [0.25, 0.3) is 0 Å². The molecule has 1 atom stereocenters. The first kappa shape index (κ1) is 17.3. The van der Waals surface area contributed by atoms with Crippen molar-refractivity contribution in [3.05, 3.63) is 35.4 Å². The summed E-state index contributed by atoms with van der Waals surface area (Å²) >= 11 is 0. The molecule has 1 aromatic carbocycles. The van der Waals surface area contributed by atoms with Gasteiger partial charge in [-0.2, -0.15) is 13.2 Å². The first-order chi connectivity index (χ1) is 9.48. The van der Waals surface area contributed by atoms with Crippen molar-refractivity contribution in [1.82, 2.24) is 4.90 Å². The molecule has 0 saturated carbocycles. The van der Waals surface area contributed by atoms with Crippen LogP contribution in [-0.4, -0.2) is 23.6 Å². The molecule has 1 rings (SSSR count). The summed E-state index contributed by atoms with van der Waals surface area (Å²) in [6.07, 6.45) is -4.89. The fourth-order valence-corrected chi connectivity index (χ4v) is 2.21. The van der Waals surface area contributed by atoms with Gasteiger partial charge >= 0.3 is 12.3 Å². The second-order valence-corrected chi connectivity index (χ2v) is 5.81. The standard InChI is InChI=1S/C15H20F3NO2/c1-10(19(13(20)21-5)14(2,3)4)11-6-8-12(9-7-11)15(16,17)18/h6-10H,1-5H3/t10-/m1/s1. The number of amides is 1. The monoisotopic (exact) mass is 303 g/mol. The Hall–Kier alpha value is -1.72. The van der Waals surface area contributed by atoms with E-state index >= 15 is 0 Å². The van der Waals surface area contributed by atoms with E-state index in [1.807, 2.05) is 20.8 Å². The highest BCUT2D eigenvalue weighted by Gasteiger charge is 2.34. The van der Waals surface area contributed by atoms with Gasteiger partial charge in [0.15, 0.2) is 0 Å². The predicted molar refractivity (Wildman–Crippen MR) is 73.9 cm³/mol. The summed E-state index contributed by atoms with van der Waals surface area (Å²) in [5.74, 6) is 0. The number of methoxy groups -OCH3 is 1. The summed E-state index contributed by atoms with van der Waals surface area (Å²) in [4.78, 5) is 13.4. The maximum atomic E-state index is 12.6.